The van der Waals surface area contributed by atoms with Gasteiger partial charge in [0.05, 0.1) is 11.0 Å². The summed E-state index contributed by atoms with van der Waals surface area (Å²) in [5.41, 5.74) is 1.01. The first-order valence-electron chi connectivity index (χ1n) is 6.35. The van der Waals surface area contributed by atoms with Gasteiger partial charge >= 0.3 is 0 Å². The monoisotopic (exact) mass is 308 g/mol. The van der Waals surface area contributed by atoms with Gasteiger partial charge in [-0.3, -0.25) is 10.1 Å². The quantitative estimate of drug-likeness (QED) is 0.628. The molecule has 7 heteroatoms. The van der Waals surface area contributed by atoms with E-state index in [0.717, 1.165) is 5.69 Å². The molecule has 1 aromatic heterocycles. The minimum atomic E-state index is -0.686. The van der Waals surface area contributed by atoms with Gasteiger partial charge < -0.3 is 14.7 Å². The van der Waals surface area contributed by atoms with Gasteiger partial charge in [0.1, 0.15) is 18.5 Å². The second kappa shape index (κ2) is 7.05. The maximum Gasteiger partial charge on any atom is 0.273 e. The van der Waals surface area contributed by atoms with Crippen LogP contribution < -0.4 is 9.64 Å². The lowest BCUT2D eigenvalue weighted by Gasteiger charge is -2.21. The molecule has 21 heavy (non-hydrogen) atoms. The third-order valence-electron chi connectivity index (χ3n) is 2.90. The second-order valence-electron chi connectivity index (χ2n) is 4.58. The molecule has 0 spiro atoms. The van der Waals surface area contributed by atoms with E-state index in [9.17, 15) is 15.2 Å². The molecule has 1 atom stereocenters. The number of anilines is 1. The molecule has 0 bridgehead atoms. The largest absolute Gasteiger partial charge is 0.491 e. The van der Waals surface area contributed by atoms with Crippen LogP contribution in [0.1, 0.15) is 0 Å². The number of rotatable bonds is 7. The van der Waals surface area contributed by atoms with Crippen molar-refractivity contribution in [3.05, 3.63) is 51.2 Å². The van der Waals surface area contributed by atoms with Crippen LogP contribution in [0.15, 0.2) is 41.1 Å². The number of nitrogens with zero attached hydrogens (tertiary/aromatic N) is 2. The second-order valence-corrected chi connectivity index (χ2v) is 5.36. The summed E-state index contributed by atoms with van der Waals surface area (Å²) < 4.78 is 5.40. The normalized spacial score (nSPS) is 11.9. The zero-order chi connectivity index (χ0) is 15.2. The van der Waals surface area contributed by atoms with E-state index < -0.39 is 11.0 Å². The number of hydrogen-bond acceptors (Lipinski definition) is 6. The zero-order valence-corrected chi connectivity index (χ0v) is 12.3. The predicted octanol–water partition coefficient (Wildman–Crippen LogP) is 2.53. The van der Waals surface area contributed by atoms with E-state index in [-0.39, 0.29) is 12.3 Å². The van der Waals surface area contributed by atoms with Crippen molar-refractivity contribution in [1.82, 2.24) is 0 Å². The van der Waals surface area contributed by atoms with Crippen molar-refractivity contribution in [3.63, 3.8) is 0 Å². The van der Waals surface area contributed by atoms with Gasteiger partial charge in [-0.25, -0.2) is 0 Å². The van der Waals surface area contributed by atoms with E-state index in [1.54, 1.807) is 23.5 Å². The van der Waals surface area contributed by atoms with Gasteiger partial charge in [0.2, 0.25) is 0 Å². The van der Waals surface area contributed by atoms with Crippen LogP contribution in [0.25, 0.3) is 0 Å². The highest BCUT2D eigenvalue weighted by Crippen LogP contribution is 2.20. The summed E-state index contributed by atoms with van der Waals surface area (Å²) in [6, 6.07) is 7.89. The first kappa shape index (κ1) is 15.3. The molecule has 2 rings (SSSR count). The first-order chi connectivity index (χ1) is 10.1. The predicted molar refractivity (Wildman–Crippen MR) is 82.2 cm³/mol. The molecule has 6 nitrogen and oxygen atoms in total. The van der Waals surface area contributed by atoms with Crippen LogP contribution in [0, 0.1) is 10.1 Å². The maximum atomic E-state index is 10.7. The summed E-state index contributed by atoms with van der Waals surface area (Å²) in [6.07, 6.45) is -0.686. The molecule has 0 amide bonds. The van der Waals surface area contributed by atoms with Crippen LogP contribution in [0.5, 0.6) is 5.75 Å². The third-order valence-corrected chi connectivity index (χ3v) is 3.57. The number of ether oxygens (including phenoxy) is 1. The molecule has 0 radical (unpaired) electrons. The molecule has 1 heterocycles. The average molecular weight is 308 g/mol. The average Bonchev–Trinajstić information content (AvgIpc) is 2.99. The van der Waals surface area contributed by atoms with E-state index in [1.807, 2.05) is 28.8 Å². The molecule has 0 saturated heterocycles. The van der Waals surface area contributed by atoms with Crippen molar-refractivity contribution in [2.75, 3.05) is 25.1 Å². The molecular weight excluding hydrogens is 292 g/mol. The molecule has 112 valence electrons. The summed E-state index contributed by atoms with van der Waals surface area (Å²) >= 11 is 1.59. The Bertz CT molecular complexity index is 588. The number of likely N-dealkylation sites (N-methyl/N-ethyl adjacent to an activating group) is 1. The number of aliphatic hydroxyl groups is 1. The van der Waals surface area contributed by atoms with E-state index >= 15 is 0 Å². The van der Waals surface area contributed by atoms with Crippen molar-refractivity contribution in [1.29, 1.82) is 0 Å². The fraction of sp³-hybridized carbons (Fsp3) is 0.286. The Kier molecular flexibility index (Phi) is 5.13. The van der Waals surface area contributed by atoms with Gasteiger partial charge in [-0.15, -0.1) is 0 Å². The Morgan fingerprint density at radius 3 is 2.95 bits per heavy atom. The van der Waals surface area contributed by atoms with Crippen molar-refractivity contribution < 1.29 is 14.8 Å². The molecule has 1 unspecified atom stereocenters. The highest BCUT2D eigenvalue weighted by atomic mass is 32.1. The molecule has 1 aromatic carbocycles. The topological polar surface area (TPSA) is 75.8 Å². The van der Waals surface area contributed by atoms with Gasteiger partial charge in [-0.2, -0.15) is 11.3 Å². The highest BCUT2D eigenvalue weighted by molar-refractivity contribution is 7.08. The number of aliphatic hydroxyl groups excluding tert-OH is 1. The molecule has 0 aliphatic rings. The lowest BCUT2D eigenvalue weighted by Crippen LogP contribution is -2.32. The SMILES string of the molecule is CN(CC(O)COc1cccc([N+](=O)[O-])c1)c1ccsc1. The fourth-order valence-electron chi connectivity index (χ4n) is 1.83. The van der Waals surface area contributed by atoms with Crippen LogP contribution in [0.4, 0.5) is 11.4 Å². The van der Waals surface area contributed by atoms with Gasteiger partial charge in [0, 0.05) is 30.7 Å². The number of benzene rings is 1. The zero-order valence-electron chi connectivity index (χ0n) is 11.5. The van der Waals surface area contributed by atoms with Crippen LogP contribution >= 0.6 is 11.3 Å². The van der Waals surface area contributed by atoms with E-state index in [1.165, 1.54) is 12.1 Å². The van der Waals surface area contributed by atoms with Gasteiger partial charge in [0.25, 0.3) is 5.69 Å². The van der Waals surface area contributed by atoms with Crippen molar-refractivity contribution in [3.8, 4) is 5.75 Å². The number of nitro groups is 1. The van der Waals surface area contributed by atoms with E-state index in [2.05, 4.69) is 0 Å². The number of hydrogen-bond donors (Lipinski definition) is 1. The van der Waals surface area contributed by atoms with E-state index in [0.29, 0.717) is 12.3 Å². The Morgan fingerprint density at radius 2 is 2.29 bits per heavy atom. The molecule has 0 aliphatic heterocycles. The standard InChI is InChI=1S/C14H16N2O4S/c1-15(12-5-6-21-10-12)8-13(17)9-20-14-4-2-3-11(7-14)16(18)19/h2-7,10,13,17H,8-9H2,1H3. The summed E-state index contributed by atoms with van der Waals surface area (Å²) in [6.45, 7) is 0.501. The molecule has 0 aliphatic carbocycles. The van der Waals surface area contributed by atoms with Crippen LogP contribution in [0.2, 0.25) is 0 Å². The summed E-state index contributed by atoms with van der Waals surface area (Å²) in [7, 11) is 1.89. The molecule has 0 saturated carbocycles. The van der Waals surface area contributed by atoms with Crippen LogP contribution in [-0.2, 0) is 0 Å². The van der Waals surface area contributed by atoms with E-state index in [4.69, 9.17) is 4.74 Å². The number of nitro benzene ring substituents is 1. The molecular formula is C14H16N2O4S. The smallest absolute Gasteiger partial charge is 0.273 e. The lowest BCUT2D eigenvalue weighted by molar-refractivity contribution is -0.384. The molecule has 1 N–H and O–H groups in total. The van der Waals surface area contributed by atoms with Crippen molar-refractivity contribution in [2.45, 2.75) is 6.10 Å². The third kappa shape index (κ3) is 4.44. The Hall–Kier alpha value is -2.12. The van der Waals surface area contributed by atoms with Gasteiger partial charge in [-0.1, -0.05) is 6.07 Å². The minimum Gasteiger partial charge on any atom is -0.491 e. The molecule has 2 aromatic rings. The Balaban J connectivity index is 1.85. The van der Waals surface area contributed by atoms with Gasteiger partial charge in [0.15, 0.2) is 0 Å². The first-order valence-corrected chi connectivity index (χ1v) is 7.29. The number of non-ortho nitro benzene ring substituents is 1. The maximum absolute atomic E-state index is 10.7. The van der Waals surface area contributed by atoms with Crippen LogP contribution in [-0.4, -0.2) is 36.3 Å². The fourth-order valence-corrected chi connectivity index (χ4v) is 2.52. The van der Waals surface area contributed by atoms with Crippen molar-refractivity contribution >= 4 is 22.7 Å². The summed E-state index contributed by atoms with van der Waals surface area (Å²) in [5, 5.41) is 24.6. The Morgan fingerprint density at radius 1 is 1.48 bits per heavy atom. The number of thiophene rings is 1. The minimum absolute atomic E-state index is 0.0302. The van der Waals surface area contributed by atoms with Crippen LogP contribution in [0.3, 0.4) is 0 Å². The lowest BCUT2D eigenvalue weighted by atomic mass is 10.3. The van der Waals surface area contributed by atoms with Gasteiger partial charge in [-0.05, 0) is 17.5 Å². The Labute approximate surface area is 126 Å². The summed E-state index contributed by atoms with van der Waals surface area (Å²) in [4.78, 5) is 12.1. The highest BCUT2D eigenvalue weighted by Gasteiger charge is 2.11. The van der Waals surface area contributed by atoms with Crippen molar-refractivity contribution in [2.24, 2.45) is 0 Å². The summed E-state index contributed by atoms with van der Waals surface area (Å²) in [5.74, 6) is 0.376. The molecule has 0 fully saturated rings.